The largest absolute Gasteiger partial charge is 0.310 e. The molecule has 3 atom stereocenters. The Morgan fingerprint density at radius 2 is 1.95 bits per heavy atom. The van der Waals surface area contributed by atoms with Crippen molar-refractivity contribution in [1.29, 1.82) is 0 Å². The van der Waals surface area contributed by atoms with E-state index in [9.17, 15) is 0 Å². The summed E-state index contributed by atoms with van der Waals surface area (Å²) in [5, 5.41) is 11.7. The van der Waals surface area contributed by atoms with E-state index in [2.05, 4.69) is 42.4 Å². The predicted octanol–water partition coefficient (Wildman–Crippen LogP) is 3.59. The Labute approximate surface area is 117 Å². The quantitative estimate of drug-likeness (QED) is 0.880. The van der Waals surface area contributed by atoms with Gasteiger partial charge in [-0.25, -0.2) is 0 Å². The fraction of sp³-hybridized carbons (Fsp3) is 0.750. The van der Waals surface area contributed by atoms with Crippen molar-refractivity contribution in [3.63, 3.8) is 0 Å². The molecule has 0 bridgehead atoms. The lowest BCUT2D eigenvalue weighted by Gasteiger charge is -2.37. The summed E-state index contributed by atoms with van der Waals surface area (Å²) in [7, 11) is 0. The number of nitrogens with zero attached hydrogens (tertiary/aromatic N) is 2. The normalized spacial score (nSPS) is 29.1. The van der Waals surface area contributed by atoms with E-state index in [4.69, 9.17) is 0 Å². The summed E-state index contributed by atoms with van der Waals surface area (Å²) < 4.78 is 0. The van der Waals surface area contributed by atoms with Crippen LogP contribution in [0.2, 0.25) is 0 Å². The van der Waals surface area contributed by atoms with Crippen LogP contribution in [0.4, 0.5) is 0 Å². The average molecular weight is 261 g/mol. The van der Waals surface area contributed by atoms with Crippen molar-refractivity contribution in [2.24, 2.45) is 17.8 Å². The Bertz CT molecular complexity index is 356. The number of hydrogen-bond donors (Lipinski definition) is 1. The first kappa shape index (κ1) is 14.4. The van der Waals surface area contributed by atoms with Gasteiger partial charge in [-0.3, -0.25) is 0 Å². The lowest BCUT2D eigenvalue weighted by molar-refractivity contribution is 0.176. The van der Waals surface area contributed by atoms with Crippen LogP contribution in [-0.2, 0) is 0 Å². The summed E-state index contributed by atoms with van der Waals surface area (Å²) in [6, 6.07) is 2.56. The zero-order chi connectivity index (χ0) is 13.7. The molecule has 3 nitrogen and oxygen atoms in total. The highest BCUT2D eigenvalue weighted by molar-refractivity contribution is 5.13. The van der Waals surface area contributed by atoms with Crippen molar-refractivity contribution in [2.75, 3.05) is 6.54 Å². The topological polar surface area (TPSA) is 37.8 Å². The van der Waals surface area contributed by atoms with Gasteiger partial charge in [0.2, 0.25) is 0 Å². The van der Waals surface area contributed by atoms with Gasteiger partial charge in [0, 0.05) is 12.2 Å². The van der Waals surface area contributed by atoms with Gasteiger partial charge in [-0.2, -0.15) is 10.2 Å². The fourth-order valence-electron chi connectivity index (χ4n) is 3.62. The minimum absolute atomic E-state index is 0.445. The van der Waals surface area contributed by atoms with Gasteiger partial charge in [0.15, 0.2) is 0 Å². The van der Waals surface area contributed by atoms with E-state index >= 15 is 0 Å². The van der Waals surface area contributed by atoms with E-state index < -0.39 is 0 Å². The number of hydrogen-bond acceptors (Lipinski definition) is 3. The van der Waals surface area contributed by atoms with Crippen LogP contribution in [0, 0.1) is 17.8 Å². The monoisotopic (exact) mass is 261 g/mol. The van der Waals surface area contributed by atoms with Crippen molar-refractivity contribution in [3.05, 3.63) is 24.0 Å². The molecule has 1 aromatic heterocycles. The molecule has 0 aromatic carbocycles. The smallest absolute Gasteiger partial charge is 0.0544 e. The molecule has 3 heteroatoms. The number of aromatic nitrogens is 2. The van der Waals surface area contributed by atoms with Gasteiger partial charge < -0.3 is 5.32 Å². The predicted molar refractivity (Wildman–Crippen MR) is 78.7 cm³/mol. The molecule has 1 saturated carbocycles. The van der Waals surface area contributed by atoms with Crippen LogP contribution in [-0.4, -0.2) is 16.7 Å². The van der Waals surface area contributed by atoms with E-state index in [0.29, 0.717) is 6.04 Å². The van der Waals surface area contributed by atoms with Gasteiger partial charge in [-0.15, -0.1) is 0 Å². The maximum atomic E-state index is 4.06. The molecule has 1 aromatic rings. The summed E-state index contributed by atoms with van der Waals surface area (Å²) in [4.78, 5) is 0. The molecule has 0 radical (unpaired) electrons. The highest BCUT2D eigenvalue weighted by Crippen LogP contribution is 2.39. The zero-order valence-electron chi connectivity index (χ0n) is 12.5. The van der Waals surface area contributed by atoms with Crippen molar-refractivity contribution in [3.8, 4) is 0 Å². The first-order chi connectivity index (χ1) is 9.20. The van der Waals surface area contributed by atoms with Crippen LogP contribution < -0.4 is 5.32 Å². The molecule has 1 aliphatic carbocycles. The summed E-state index contributed by atoms with van der Waals surface area (Å²) in [5.74, 6) is 2.42. The summed E-state index contributed by atoms with van der Waals surface area (Å²) in [5.41, 5.74) is 1.30. The minimum Gasteiger partial charge on any atom is -0.310 e. The van der Waals surface area contributed by atoms with Crippen molar-refractivity contribution < 1.29 is 0 Å². The Kier molecular flexibility index (Phi) is 5.32. The SMILES string of the molecule is CCCNC(c1ccnnc1)C1CC(C)CC(C)C1. The average Bonchev–Trinajstić information content (AvgIpc) is 2.39. The molecule has 0 amide bonds. The molecule has 0 saturated heterocycles. The van der Waals surface area contributed by atoms with Crippen LogP contribution in [0.15, 0.2) is 18.5 Å². The highest BCUT2D eigenvalue weighted by Gasteiger charge is 2.30. The third kappa shape index (κ3) is 4.00. The van der Waals surface area contributed by atoms with Gasteiger partial charge >= 0.3 is 0 Å². The number of rotatable bonds is 5. The van der Waals surface area contributed by atoms with E-state index in [-0.39, 0.29) is 0 Å². The number of nitrogens with one attached hydrogen (secondary N) is 1. The van der Waals surface area contributed by atoms with Gasteiger partial charge in [0.1, 0.15) is 0 Å². The first-order valence-electron chi connectivity index (χ1n) is 7.70. The second-order valence-corrected chi connectivity index (χ2v) is 6.29. The second kappa shape index (κ2) is 6.99. The Balaban J connectivity index is 2.12. The van der Waals surface area contributed by atoms with Crippen LogP contribution in [0.5, 0.6) is 0 Å². The molecule has 2 rings (SSSR count). The molecule has 3 unspecified atom stereocenters. The molecule has 106 valence electrons. The van der Waals surface area contributed by atoms with Gasteiger partial charge in [-0.05, 0) is 61.6 Å². The highest BCUT2D eigenvalue weighted by atomic mass is 15.1. The Morgan fingerprint density at radius 3 is 2.53 bits per heavy atom. The lowest BCUT2D eigenvalue weighted by atomic mass is 9.72. The minimum atomic E-state index is 0.445. The van der Waals surface area contributed by atoms with E-state index in [1.807, 2.05) is 12.4 Å². The van der Waals surface area contributed by atoms with Crippen LogP contribution in [0.1, 0.15) is 58.1 Å². The van der Waals surface area contributed by atoms with Crippen LogP contribution in [0.3, 0.4) is 0 Å². The Hall–Kier alpha value is -0.960. The molecule has 0 aliphatic heterocycles. The molecule has 1 N–H and O–H groups in total. The summed E-state index contributed by atoms with van der Waals surface area (Å²) in [6.07, 6.45) is 8.95. The van der Waals surface area contributed by atoms with Crippen LogP contribution >= 0.6 is 0 Å². The van der Waals surface area contributed by atoms with Gasteiger partial charge in [0.05, 0.1) is 6.20 Å². The standard InChI is InChI=1S/C16H27N3/c1-4-6-17-16(14-5-7-18-19-11-14)15-9-12(2)8-13(3)10-15/h5,7,11-13,15-17H,4,6,8-10H2,1-3H3. The first-order valence-corrected chi connectivity index (χ1v) is 7.70. The third-order valence-electron chi connectivity index (χ3n) is 4.27. The molecular formula is C16H27N3. The third-order valence-corrected chi connectivity index (χ3v) is 4.27. The fourth-order valence-corrected chi connectivity index (χ4v) is 3.62. The summed E-state index contributed by atoms with van der Waals surface area (Å²) >= 11 is 0. The van der Waals surface area contributed by atoms with E-state index in [1.54, 1.807) is 0 Å². The second-order valence-electron chi connectivity index (χ2n) is 6.29. The molecule has 0 spiro atoms. The van der Waals surface area contributed by atoms with E-state index in [0.717, 1.165) is 24.3 Å². The molecule has 1 fully saturated rings. The zero-order valence-corrected chi connectivity index (χ0v) is 12.5. The van der Waals surface area contributed by atoms with E-state index in [1.165, 1.54) is 31.2 Å². The molecule has 1 aliphatic rings. The van der Waals surface area contributed by atoms with Crippen molar-refractivity contribution in [2.45, 2.75) is 52.5 Å². The maximum Gasteiger partial charge on any atom is 0.0544 e. The summed E-state index contributed by atoms with van der Waals surface area (Å²) in [6.45, 7) is 8.09. The maximum absolute atomic E-state index is 4.06. The molecular weight excluding hydrogens is 234 g/mol. The van der Waals surface area contributed by atoms with Crippen molar-refractivity contribution in [1.82, 2.24) is 15.5 Å². The van der Waals surface area contributed by atoms with Crippen LogP contribution in [0.25, 0.3) is 0 Å². The van der Waals surface area contributed by atoms with Gasteiger partial charge in [-0.1, -0.05) is 20.8 Å². The van der Waals surface area contributed by atoms with Crippen molar-refractivity contribution >= 4 is 0 Å². The Morgan fingerprint density at radius 1 is 1.21 bits per heavy atom. The molecule has 19 heavy (non-hydrogen) atoms. The van der Waals surface area contributed by atoms with Gasteiger partial charge in [0.25, 0.3) is 0 Å². The lowest BCUT2D eigenvalue weighted by Crippen LogP contribution is -2.33. The molecule has 1 heterocycles.